The molecule has 23 heavy (non-hydrogen) atoms. The Morgan fingerprint density at radius 3 is 2.78 bits per heavy atom. The van der Waals surface area contributed by atoms with Gasteiger partial charge in [0.05, 0.1) is 33.0 Å². The summed E-state index contributed by atoms with van der Waals surface area (Å²) in [6.45, 7) is 1.76. The zero-order chi connectivity index (χ0) is 16.7. The van der Waals surface area contributed by atoms with E-state index < -0.39 is 0 Å². The average Bonchev–Trinajstić information content (AvgIpc) is 3.06. The van der Waals surface area contributed by atoms with Gasteiger partial charge in [0, 0.05) is 19.4 Å². The first-order chi connectivity index (χ1) is 11.2. The monoisotopic (exact) mass is 326 g/mol. The standard InChI is InChI=1S/C18H30O5/c1-21-8-9-23-7-3-4-15-16-11-13(5-6-18(20)22-2)10-14(16)12-17(15)19/h3-4,13-17,19H,5-12H2,1-2H3/b4-3+/t13?,14?,15-,16?,17-/m1/s1. The summed E-state index contributed by atoms with van der Waals surface area (Å²) in [6.07, 6.45) is 8.47. The van der Waals surface area contributed by atoms with E-state index in [4.69, 9.17) is 14.2 Å². The third kappa shape index (κ3) is 5.30. The Labute approximate surface area is 139 Å². The van der Waals surface area contributed by atoms with Crippen LogP contribution in [0.15, 0.2) is 12.2 Å². The Kier molecular flexibility index (Phi) is 7.53. The lowest BCUT2D eigenvalue weighted by atomic mass is 9.89. The molecule has 0 aromatic heterocycles. The number of carbonyl (C=O) groups excluding carboxylic acids is 1. The van der Waals surface area contributed by atoms with Crippen molar-refractivity contribution in [1.82, 2.24) is 0 Å². The van der Waals surface area contributed by atoms with Crippen LogP contribution in [0.3, 0.4) is 0 Å². The predicted molar refractivity (Wildman–Crippen MR) is 86.9 cm³/mol. The fraction of sp³-hybridized carbons (Fsp3) is 0.833. The third-order valence-corrected chi connectivity index (χ3v) is 5.32. The number of hydrogen-bond donors (Lipinski definition) is 1. The second-order valence-electron chi connectivity index (χ2n) is 6.75. The maximum absolute atomic E-state index is 11.3. The Morgan fingerprint density at radius 1 is 1.22 bits per heavy atom. The molecule has 5 atom stereocenters. The van der Waals surface area contributed by atoms with E-state index in [9.17, 15) is 9.90 Å². The summed E-state index contributed by atoms with van der Waals surface area (Å²) in [4.78, 5) is 11.3. The van der Waals surface area contributed by atoms with Crippen molar-refractivity contribution >= 4 is 5.97 Å². The van der Waals surface area contributed by atoms with Crippen LogP contribution in [-0.2, 0) is 19.0 Å². The SMILES string of the molecule is COCCOC/C=C/[C@@H]1C2CC(CCC(=O)OC)CC2C[C@H]1O. The van der Waals surface area contributed by atoms with Crippen molar-refractivity contribution in [1.29, 1.82) is 0 Å². The van der Waals surface area contributed by atoms with Gasteiger partial charge in [-0.05, 0) is 43.4 Å². The smallest absolute Gasteiger partial charge is 0.305 e. The Morgan fingerprint density at radius 2 is 2.04 bits per heavy atom. The quantitative estimate of drug-likeness (QED) is 0.400. The number of aliphatic hydroxyl groups excluding tert-OH is 1. The first-order valence-corrected chi connectivity index (χ1v) is 8.64. The van der Waals surface area contributed by atoms with Gasteiger partial charge in [0.2, 0.25) is 0 Å². The van der Waals surface area contributed by atoms with Gasteiger partial charge in [-0.1, -0.05) is 12.2 Å². The normalized spacial score (nSPS) is 33.3. The minimum absolute atomic E-state index is 0.119. The van der Waals surface area contributed by atoms with Gasteiger partial charge in [-0.15, -0.1) is 0 Å². The van der Waals surface area contributed by atoms with Crippen LogP contribution in [-0.4, -0.2) is 51.2 Å². The van der Waals surface area contributed by atoms with Gasteiger partial charge in [0.15, 0.2) is 0 Å². The molecule has 0 saturated heterocycles. The van der Waals surface area contributed by atoms with Crippen LogP contribution in [0.4, 0.5) is 0 Å². The second-order valence-corrected chi connectivity index (χ2v) is 6.75. The van der Waals surface area contributed by atoms with Gasteiger partial charge in [-0.3, -0.25) is 4.79 Å². The summed E-state index contributed by atoms with van der Waals surface area (Å²) in [7, 11) is 3.10. The molecule has 0 amide bonds. The molecule has 0 spiro atoms. The van der Waals surface area contributed by atoms with Crippen molar-refractivity contribution in [2.75, 3.05) is 34.0 Å². The number of hydrogen-bond acceptors (Lipinski definition) is 5. The fourth-order valence-corrected chi connectivity index (χ4v) is 4.21. The van der Waals surface area contributed by atoms with Gasteiger partial charge in [-0.25, -0.2) is 0 Å². The van der Waals surface area contributed by atoms with Crippen molar-refractivity contribution < 1.29 is 24.1 Å². The molecule has 1 N–H and O–H groups in total. The molecule has 2 saturated carbocycles. The van der Waals surface area contributed by atoms with Crippen molar-refractivity contribution in [3.8, 4) is 0 Å². The molecule has 2 aliphatic rings. The first-order valence-electron chi connectivity index (χ1n) is 8.64. The van der Waals surface area contributed by atoms with E-state index in [1.54, 1.807) is 7.11 Å². The molecule has 2 fully saturated rings. The molecule has 0 aromatic carbocycles. The molecule has 2 rings (SSSR count). The maximum atomic E-state index is 11.3. The summed E-state index contributed by atoms with van der Waals surface area (Å²) >= 11 is 0. The average molecular weight is 326 g/mol. The Hall–Kier alpha value is -0.910. The molecule has 2 aliphatic carbocycles. The first kappa shape index (κ1) is 18.4. The van der Waals surface area contributed by atoms with Gasteiger partial charge < -0.3 is 19.3 Å². The summed E-state index contributed by atoms with van der Waals surface area (Å²) < 4.78 is 15.1. The number of fused-ring (bicyclic) bond motifs is 1. The molecular formula is C18H30O5. The summed E-state index contributed by atoms with van der Waals surface area (Å²) in [5, 5.41) is 10.3. The molecule has 0 radical (unpaired) electrons. The molecule has 5 nitrogen and oxygen atoms in total. The molecule has 0 heterocycles. The van der Waals surface area contributed by atoms with E-state index in [1.165, 1.54) is 7.11 Å². The molecule has 132 valence electrons. The maximum Gasteiger partial charge on any atom is 0.305 e. The molecule has 3 unspecified atom stereocenters. The van der Waals surface area contributed by atoms with Crippen molar-refractivity contribution in [3.05, 3.63) is 12.2 Å². The van der Waals surface area contributed by atoms with Gasteiger partial charge >= 0.3 is 5.97 Å². The van der Waals surface area contributed by atoms with Gasteiger partial charge in [0.25, 0.3) is 0 Å². The fourth-order valence-electron chi connectivity index (χ4n) is 4.21. The van der Waals surface area contributed by atoms with E-state index in [2.05, 4.69) is 6.08 Å². The van der Waals surface area contributed by atoms with Crippen LogP contribution in [0.1, 0.15) is 32.1 Å². The van der Waals surface area contributed by atoms with Crippen molar-refractivity contribution in [2.45, 2.75) is 38.2 Å². The third-order valence-electron chi connectivity index (χ3n) is 5.32. The number of ether oxygens (including phenoxy) is 3. The lowest BCUT2D eigenvalue weighted by molar-refractivity contribution is -0.140. The van der Waals surface area contributed by atoms with Crippen LogP contribution >= 0.6 is 0 Å². The summed E-state index contributed by atoms with van der Waals surface area (Å²) in [5.74, 6) is 1.84. The Balaban J connectivity index is 1.76. The van der Waals surface area contributed by atoms with Crippen LogP contribution in [0.2, 0.25) is 0 Å². The van der Waals surface area contributed by atoms with Crippen LogP contribution in [0, 0.1) is 23.7 Å². The topological polar surface area (TPSA) is 65.0 Å². The van der Waals surface area contributed by atoms with E-state index in [1.807, 2.05) is 6.08 Å². The van der Waals surface area contributed by atoms with E-state index in [0.29, 0.717) is 44.0 Å². The summed E-state index contributed by atoms with van der Waals surface area (Å²) in [5.41, 5.74) is 0. The highest BCUT2D eigenvalue weighted by molar-refractivity contribution is 5.69. The zero-order valence-electron chi connectivity index (χ0n) is 14.3. The molecular weight excluding hydrogens is 296 g/mol. The highest BCUT2D eigenvalue weighted by Gasteiger charge is 2.46. The van der Waals surface area contributed by atoms with E-state index in [-0.39, 0.29) is 18.0 Å². The predicted octanol–water partition coefficient (Wildman–Crippen LogP) is 2.18. The number of esters is 1. The van der Waals surface area contributed by atoms with Gasteiger partial charge in [0.1, 0.15) is 0 Å². The highest BCUT2D eigenvalue weighted by atomic mass is 16.5. The second kappa shape index (κ2) is 9.40. The highest BCUT2D eigenvalue weighted by Crippen LogP contribution is 2.51. The molecule has 0 aliphatic heterocycles. The van der Waals surface area contributed by atoms with Crippen LogP contribution in [0.25, 0.3) is 0 Å². The lowest BCUT2D eigenvalue weighted by Gasteiger charge is -2.18. The van der Waals surface area contributed by atoms with Crippen molar-refractivity contribution in [3.63, 3.8) is 0 Å². The molecule has 0 bridgehead atoms. The summed E-state index contributed by atoms with van der Waals surface area (Å²) in [6, 6.07) is 0. The van der Waals surface area contributed by atoms with E-state index in [0.717, 1.165) is 25.7 Å². The number of aliphatic hydroxyl groups is 1. The van der Waals surface area contributed by atoms with Crippen molar-refractivity contribution in [2.24, 2.45) is 23.7 Å². The van der Waals surface area contributed by atoms with Gasteiger partial charge in [-0.2, -0.15) is 0 Å². The minimum atomic E-state index is -0.234. The van der Waals surface area contributed by atoms with Crippen LogP contribution < -0.4 is 0 Å². The number of rotatable bonds is 9. The largest absolute Gasteiger partial charge is 0.469 e. The van der Waals surface area contributed by atoms with E-state index >= 15 is 0 Å². The zero-order valence-corrected chi connectivity index (χ0v) is 14.3. The lowest BCUT2D eigenvalue weighted by Crippen LogP contribution is -2.18. The molecule has 5 heteroatoms. The van der Waals surface area contributed by atoms with Crippen LogP contribution in [0.5, 0.6) is 0 Å². The molecule has 0 aromatic rings. The Bertz CT molecular complexity index is 395. The number of methoxy groups -OCH3 is 2. The minimum Gasteiger partial charge on any atom is -0.469 e. The number of carbonyl (C=O) groups is 1.